The van der Waals surface area contributed by atoms with Gasteiger partial charge in [-0.3, -0.25) is 4.79 Å². The van der Waals surface area contributed by atoms with Crippen LogP contribution in [0.3, 0.4) is 0 Å². The number of hydrogen-bond acceptors (Lipinski definition) is 4. The molecular formula is C11H15FN2O3. The maximum Gasteiger partial charge on any atom is 0.227 e. The van der Waals surface area contributed by atoms with E-state index in [1.807, 2.05) is 0 Å². The van der Waals surface area contributed by atoms with Crippen molar-refractivity contribution in [1.29, 1.82) is 0 Å². The van der Waals surface area contributed by atoms with Crippen molar-refractivity contribution in [3.8, 4) is 5.75 Å². The van der Waals surface area contributed by atoms with Gasteiger partial charge in [0.05, 0.1) is 12.5 Å². The molecule has 0 fully saturated rings. The Labute approximate surface area is 98.4 Å². The van der Waals surface area contributed by atoms with E-state index in [0.29, 0.717) is 0 Å². The molecule has 0 aromatic heterocycles. The number of benzene rings is 1. The molecule has 0 saturated carbocycles. The lowest BCUT2D eigenvalue weighted by Gasteiger charge is -2.12. The Morgan fingerprint density at radius 1 is 1.65 bits per heavy atom. The Hall–Kier alpha value is -1.66. The van der Waals surface area contributed by atoms with E-state index in [2.05, 4.69) is 5.32 Å². The number of rotatable bonds is 5. The van der Waals surface area contributed by atoms with Crippen molar-refractivity contribution >= 4 is 11.6 Å². The Kier molecular flexibility index (Phi) is 4.86. The number of hydrogen-bond donors (Lipinski definition) is 3. The van der Waals surface area contributed by atoms with E-state index in [1.165, 1.54) is 19.2 Å². The first-order valence-electron chi connectivity index (χ1n) is 5.08. The van der Waals surface area contributed by atoms with E-state index in [0.717, 1.165) is 6.07 Å². The molecule has 0 aliphatic carbocycles. The Morgan fingerprint density at radius 3 is 2.88 bits per heavy atom. The molecule has 0 spiro atoms. The van der Waals surface area contributed by atoms with Crippen molar-refractivity contribution in [2.75, 3.05) is 19.0 Å². The van der Waals surface area contributed by atoms with E-state index in [9.17, 15) is 9.18 Å². The molecule has 0 aliphatic rings. The van der Waals surface area contributed by atoms with Gasteiger partial charge in [-0.1, -0.05) is 0 Å². The summed E-state index contributed by atoms with van der Waals surface area (Å²) < 4.78 is 17.9. The molecule has 1 rings (SSSR count). The van der Waals surface area contributed by atoms with Crippen LogP contribution in [0, 0.1) is 5.82 Å². The minimum absolute atomic E-state index is 0.0928. The average molecular weight is 242 g/mol. The molecule has 1 aromatic rings. The zero-order chi connectivity index (χ0) is 12.8. The molecule has 0 heterocycles. The van der Waals surface area contributed by atoms with Crippen molar-refractivity contribution in [2.24, 2.45) is 5.73 Å². The van der Waals surface area contributed by atoms with E-state index in [1.54, 1.807) is 0 Å². The van der Waals surface area contributed by atoms with Crippen molar-refractivity contribution in [3.63, 3.8) is 0 Å². The lowest BCUT2D eigenvalue weighted by atomic mass is 10.2. The maximum atomic E-state index is 13.0. The number of amides is 1. The van der Waals surface area contributed by atoms with Gasteiger partial charge in [0.1, 0.15) is 0 Å². The van der Waals surface area contributed by atoms with Crippen LogP contribution in [0.25, 0.3) is 0 Å². The van der Waals surface area contributed by atoms with Crippen molar-refractivity contribution in [1.82, 2.24) is 0 Å². The van der Waals surface area contributed by atoms with Gasteiger partial charge < -0.3 is 20.9 Å². The third-order valence-electron chi connectivity index (χ3n) is 2.24. The number of carbonyl (C=O) groups is 1. The van der Waals surface area contributed by atoms with Gasteiger partial charge in [-0.2, -0.15) is 0 Å². The molecule has 6 heteroatoms. The lowest BCUT2D eigenvalue weighted by molar-refractivity contribution is -0.118. The first-order valence-corrected chi connectivity index (χ1v) is 5.08. The summed E-state index contributed by atoms with van der Waals surface area (Å²) in [7, 11) is 1.46. The van der Waals surface area contributed by atoms with E-state index < -0.39 is 11.6 Å². The SMILES string of the molecule is COC(CN)CC(=O)Nc1ccc(O)c(F)c1. The minimum atomic E-state index is -0.787. The molecule has 0 saturated heterocycles. The number of phenols is 1. The second-order valence-electron chi connectivity index (χ2n) is 3.51. The van der Waals surface area contributed by atoms with Gasteiger partial charge >= 0.3 is 0 Å². The number of aromatic hydroxyl groups is 1. The van der Waals surface area contributed by atoms with E-state index in [4.69, 9.17) is 15.6 Å². The van der Waals surface area contributed by atoms with Crippen LogP contribution in [-0.4, -0.2) is 30.8 Å². The molecule has 1 atom stereocenters. The number of methoxy groups -OCH3 is 1. The lowest BCUT2D eigenvalue weighted by Crippen LogP contribution is -2.28. The standard InChI is InChI=1S/C11H15FN2O3/c1-17-8(6-13)5-11(16)14-7-2-3-10(15)9(12)4-7/h2-4,8,15H,5-6,13H2,1H3,(H,14,16). The van der Waals surface area contributed by atoms with Gasteiger partial charge in [-0.15, -0.1) is 0 Å². The highest BCUT2D eigenvalue weighted by Gasteiger charge is 2.12. The molecule has 0 bridgehead atoms. The Balaban J connectivity index is 2.58. The van der Waals surface area contributed by atoms with Crippen molar-refractivity contribution in [3.05, 3.63) is 24.0 Å². The second-order valence-corrected chi connectivity index (χ2v) is 3.51. The van der Waals surface area contributed by atoms with Crippen LogP contribution in [0.4, 0.5) is 10.1 Å². The molecule has 0 radical (unpaired) electrons. The van der Waals surface area contributed by atoms with Gasteiger partial charge in [0.2, 0.25) is 5.91 Å². The smallest absolute Gasteiger partial charge is 0.227 e. The average Bonchev–Trinajstić information content (AvgIpc) is 2.31. The summed E-state index contributed by atoms with van der Waals surface area (Å²) in [5, 5.41) is 11.5. The normalized spacial score (nSPS) is 12.2. The van der Waals surface area contributed by atoms with E-state index >= 15 is 0 Å². The largest absolute Gasteiger partial charge is 0.505 e. The van der Waals surface area contributed by atoms with Gasteiger partial charge in [0, 0.05) is 25.4 Å². The van der Waals surface area contributed by atoms with Crippen LogP contribution in [0.1, 0.15) is 6.42 Å². The molecule has 5 nitrogen and oxygen atoms in total. The predicted molar refractivity (Wildman–Crippen MR) is 61.2 cm³/mol. The molecule has 1 amide bonds. The maximum absolute atomic E-state index is 13.0. The number of phenolic OH excluding ortho intramolecular Hbond substituents is 1. The van der Waals surface area contributed by atoms with Gasteiger partial charge in [0.15, 0.2) is 11.6 Å². The fourth-order valence-electron chi connectivity index (χ4n) is 1.27. The van der Waals surface area contributed by atoms with Crippen molar-refractivity contribution in [2.45, 2.75) is 12.5 Å². The molecule has 1 unspecified atom stereocenters. The number of halogens is 1. The van der Waals surface area contributed by atoms with Crippen LogP contribution < -0.4 is 11.1 Å². The van der Waals surface area contributed by atoms with Crippen LogP contribution in [0.15, 0.2) is 18.2 Å². The molecule has 94 valence electrons. The Morgan fingerprint density at radius 2 is 2.35 bits per heavy atom. The minimum Gasteiger partial charge on any atom is -0.505 e. The second kappa shape index (κ2) is 6.17. The molecule has 0 aliphatic heterocycles. The van der Waals surface area contributed by atoms with Gasteiger partial charge in [-0.05, 0) is 12.1 Å². The highest BCUT2D eigenvalue weighted by molar-refractivity contribution is 5.91. The molecule has 1 aromatic carbocycles. The number of ether oxygens (including phenoxy) is 1. The summed E-state index contributed by atoms with van der Waals surface area (Å²) in [6.07, 6.45) is -0.271. The molecule has 17 heavy (non-hydrogen) atoms. The topological polar surface area (TPSA) is 84.6 Å². The number of anilines is 1. The predicted octanol–water partition coefficient (Wildman–Crippen LogP) is 0.834. The van der Waals surface area contributed by atoms with Crippen LogP contribution in [0.2, 0.25) is 0 Å². The summed E-state index contributed by atoms with van der Waals surface area (Å²) in [5.41, 5.74) is 5.65. The first-order chi connectivity index (χ1) is 8.06. The third-order valence-corrected chi connectivity index (χ3v) is 2.24. The fraction of sp³-hybridized carbons (Fsp3) is 0.364. The Bertz CT molecular complexity index is 394. The van der Waals surface area contributed by atoms with Crippen LogP contribution >= 0.6 is 0 Å². The highest BCUT2D eigenvalue weighted by Crippen LogP contribution is 2.19. The summed E-state index contributed by atoms with van der Waals surface area (Å²) in [6, 6.07) is 3.61. The fourth-order valence-corrected chi connectivity index (χ4v) is 1.27. The summed E-state index contributed by atoms with van der Waals surface area (Å²) >= 11 is 0. The van der Waals surface area contributed by atoms with Gasteiger partial charge in [0.25, 0.3) is 0 Å². The zero-order valence-corrected chi connectivity index (χ0v) is 9.44. The summed E-state index contributed by atoms with van der Waals surface area (Å²) in [5.74, 6) is -1.57. The van der Waals surface area contributed by atoms with Crippen LogP contribution in [0.5, 0.6) is 5.75 Å². The highest BCUT2D eigenvalue weighted by atomic mass is 19.1. The number of carbonyl (C=O) groups excluding carboxylic acids is 1. The summed E-state index contributed by atoms with van der Waals surface area (Å²) in [4.78, 5) is 11.5. The number of nitrogens with one attached hydrogen (secondary N) is 1. The first kappa shape index (κ1) is 13.4. The quantitative estimate of drug-likeness (QED) is 0.668. The van der Waals surface area contributed by atoms with Gasteiger partial charge in [-0.25, -0.2) is 4.39 Å². The van der Waals surface area contributed by atoms with Crippen molar-refractivity contribution < 1.29 is 19.0 Å². The monoisotopic (exact) mass is 242 g/mol. The zero-order valence-electron chi connectivity index (χ0n) is 9.44. The van der Waals surface area contributed by atoms with Crippen LogP contribution in [-0.2, 0) is 9.53 Å². The molecule has 4 N–H and O–H groups in total. The molecular weight excluding hydrogens is 227 g/mol. The number of nitrogens with two attached hydrogens (primary N) is 1. The third kappa shape index (κ3) is 4.01. The summed E-state index contributed by atoms with van der Waals surface area (Å²) in [6.45, 7) is 0.230. The van der Waals surface area contributed by atoms with E-state index in [-0.39, 0.29) is 30.7 Å².